The van der Waals surface area contributed by atoms with Gasteiger partial charge < -0.3 is 9.47 Å². The third kappa shape index (κ3) is 3.41. The minimum atomic E-state index is 0.680. The van der Waals surface area contributed by atoms with E-state index in [4.69, 9.17) is 9.47 Å². The fourth-order valence-corrected chi connectivity index (χ4v) is 3.71. The first-order valence-electron chi connectivity index (χ1n) is 8.05. The van der Waals surface area contributed by atoms with E-state index in [-0.39, 0.29) is 0 Å². The molecule has 0 aliphatic carbocycles. The van der Waals surface area contributed by atoms with Gasteiger partial charge in [0.2, 0.25) is 0 Å². The minimum absolute atomic E-state index is 0.680. The molecule has 1 aromatic heterocycles. The second kappa shape index (κ2) is 7.62. The van der Waals surface area contributed by atoms with Crippen LogP contribution in [0.5, 0.6) is 5.75 Å². The van der Waals surface area contributed by atoms with Crippen LogP contribution >= 0.6 is 11.3 Å². The van der Waals surface area contributed by atoms with Crippen molar-refractivity contribution < 1.29 is 9.47 Å². The van der Waals surface area contributed by atoms with Crippen LogP contribution in [0.2, 0.25) is 0 Å². The Balaban J connectivity index is 2.07. The molecule has 1 heterocycles. The molecule has 3 rings (SSSR count). The van der Waals surface area contributed by atoms with E-state index >= 15 is 0 Å². The molecule has 0 fully saturated rings. The highest BCUT2D eigenvalue weighted by molar-refractivity contribution is 7.13. The van der Waals surface area contributed by atoms with Gasteiger partial charge in [0.25, 0.3) is 0 Å². The summed E-state index contributed by atoms with van der Waals surface area (Å²) in [6.45, 7) is 3.61. The van der Waals surface area contributed by atoms with E-state index in [1.807, 2.05) is 0 Å². The molecule has 0 aliphatic heterocycles. The molecule has 3 aromatic rings. The molecule has 23 heavy (non-hydrogen) atoms. The molecule has 0 radical (unpaired) electrons. The van der Waals surface area contributed by atoms with E-state index in [0.717, 1.165) is 25.2 Å². The van der Waals surface area contributed by atoms with E-state index in [1.165, 1.54) is 26.8 Å². The summed E-state index contributed by atoms with van der Waals surface area (Å²) in [4.78, 5) is 1.32. The molecule has 0 saturated heterocycles. The summed E-state index contributed by atoms with van der Waals surface area (Å²) in [6.07, 6.45) is 1.89. The normalized spacial score (nSPS) is 11.0. The number of hydrogen-bond donors (Lipinski definition) is 0. The van der Waals surface area contributed by atoms with Gasteiger partial charge in [0.1, 0.15) is 5.75 Å². The SMILES string of the molecule is CCc1cc(OCCCOC)c2ccccc2c1-c1cccs1. The molecule has 0 unspecified atom stereocenters. The van der Waals surface area contributed by atoms with Gasteiger partial charge >= 0.3 is 0 Å². The second-order valence-electron chi connectivity index (χ2n) is 5.48. The van der Waals surface area contributed by atoms with Gasteiger partial charge in [-0.05, 0) is 34.9 Å². The number of rotatable bonds is 7. The van der Waals surface area contributed by atoms with Crippen LogP contribution in [0.15, 0.2) is 47.8 Å². The second-order valence-corrected chi connectivity index (χ2v) is 6.43. The molecule has 0 bridgehead atoms. The molecule has 0 atom stereocenters. The maximum atomic E-state index is 6.06. The zero-order valence-corrected chi connectivity index (χ0v) is 14.5. The Morgan fingerprint density at radius 1 is 1.00 bits per heavy atom. The Morgan fingerprint density at radius 3 is 2.52 bits per heavy atom. The molecule has 0 aliphatic rings. The van der Waals surface area contributed by atoms with Gasteiger partial charge in [-0.15, -0.1) is 11.3 Å². The number of aryl methyl sites for hydroxylation is 1. The van der Waals surface area contributed by atoms with Gasteiger partial charge in [0.05, 0.1) is 6.61 Å². The van der Waals surface area contributed by atoms with Crippen molar-refractivity contribution in [3.8, 4) is 16.2 Å². The number of methoxy groups -OCH3 is 1. The molecule has 0 saturated carbocycles. The first-order chi connectivity index (χ1) is 11.3. The number of benzene rings is 2. The Kier molecular flexibility index (Phi) is 5.31. The summed E-state index contributed by atoms with van der Waals surface area (Å²) in [6, 6.07) is 15.1. The van der Waals surface area contributed by atoms with Gasteiger partial charge in [0, 0.05) is 36.0 Å². The van der Waals surface area contributed by atoms with Gasteiger partial charge in [-0.2, -0.15) is 0 Å². The van der Waals surface area contributed by atoms with Crippen molar-refractivity contribution >= 4 is 22.1 Å². The Morgan fingerprint density at radius 2 is 1.83 bits per heavy atom. The van der Waals surface area contributed by atoms with E-state index in [1.54, 1.807) is 18.4 Å². The maximum Gasteiger partial charge on any atom is 0.127 e. The average Bonchev–Trinajstić information content (AvgIpc) is 3.12. The van der Waals surface area contributed by atoms with Gasteiger partial charge in [0.15, 0.2) is 0 Å². The third-order valence-electron chi connectivity index (χ3n) is 3.99. The molecule has 0 N–H and O–H groups in total. The molecule has 0 spiro atoms. The minimum Gasteiger partial charge on any atom is -0.493 e. The summed E-state index contributed by atoms with van der Waals surface area (Å²) >= 11 is 1.79. The fraction of sp³-hybridized carbons (Fsp3) is 0.300. The monoisotopic (exact) mass is 326 g/mol. The van der Waals surface area contributed by atoms with Crippen LogP contribution in [-0.4, -0.2) is 20.3 Å². The summed E-state index contributed by atoms with van der Waals surface area (Å²) in [5.74, 6) is 0.980. The standard InChI is InChI=1S/C20H22O2S/c1-3-15-14-18(22-12-7-11-21-2)16-8-4-5-9-17(16)20(15)19-10-6-13-23-19/h4-6,8-10,13-14H,3,7,11-12H2,1-2H3. The lowest BCUT2D eigenvalue weighted by atomic mass is 9.95. The highest BCUT2D eigenvalue weighted by Gasteiger charge is 2.14. The van der Waals surface area contributed by atoms with Crippen molar-refractivity contribution in [2.24, 2.45) is 0 Å². The molecular formula is C20H22O2S. The van der Waals surface area contributed by atoms with Crippen LogP contribution in [0.3, 0.4) is 0 Å². The van der Waals surface area contributed by atoms with Crippen LogP contribution < -0.4 is 4.74 Å². The maximum absolute atomic E-state index is 6.06. The Bertz CT molecular complexity index is 763. The summed E-state index contributed by atoms with van der Waals surface area (Å²) in [7, 11) is 1.72. The lowest BCUT2D eigenvalue weighted by Gasteiger charge is -2.16. The van der Waals surface area contributed by atoms with Crippen LogP contribution in [0.1, 0.15) is 18.9 Å². The predicted octanol–water partition coefficient (Wildman–Crippen LogP) is 5.55. The number of fused-ring (bicyclic) bond motifs is 1. The number of ether oxygens (including phenoxy) is 2. The average molecular weight is 326 g/mol. The predicted molar refractivity (Wildman–Crippen MR) is 98.6 cm³/mol. The zero-order chi connectivity index (χ0) is 16.1. The van der Waals surface area contributed by atoms with Crippen molar-refractivity contribution in [2.75, 3.05) is 20.3 Å². The van der Waals surface area contributed by atoms with Crippen molar-refractivity contribution in [1.82, 2.24) is 0 Å². The van der Waals surface area contributed by atoms with Crippen molar-refractivity contribution in [2.45, 2.75) is 19.8 Å². The fourth-order valence-electron chi connectivity index (χ4n) is 2.89. The smallest absolute Gasteiger partial charge is 0.127 e. The van der Waals surface area contributed by atoms with E-state index in [9.17, 15) is 0 Å². The topological polar surface area (TPSA) is 18.5 Å². The van der Waals surface area contributed by atoms with Crippen LogP contribution in [0.4, 0.5) is 0 Å². The molecule has 120 valence electrons. The van der Waals surface area contributed by atoms with E-state index in [2.05, 4.69) is 54.8 Å². The molecular weight excluding hydrogens is 304 g/mol. The van der Waals surface area contributed by atoms with Crippen LogP contribution in [0, 0.1) is 0 Å². The molecule has 2 aromatic carbocycles. The molecule has 3 heteroatoms. The summed E-state index contributed by atoms with van der Waals surface area (Å²) in [5.41, 5.74) is 2.69. The summed E-state index contributed by atoms with van der Waals surface area (Å²) < 4.78 is 11.2. The lowest BCUT2D eigenvalue weighted by Crippen LogP contribution is -2.02. The number of thiophene rings is 1. The van der Waals surface area contributed by atoms with Crippen LogP contribution in [0.25, 0.3) is 21.2 Å². The van der Waals surface area contributed by atoms with Gasteiger partial charge in [-0.25, -0.2) is 0 Å². The van der Waals surface area contributed by atoms with Crippen molar-refractivity contribution in [3.63, 3.8) is 0 Å². The summed E-state index contributed by atoms with van der Waals surface area (Å²) in [5, 5.41) is 4.60. The zero-order valence-electron chi connectivity index (χ0n) is 13.7. The van der Waals surface area contributed by atoms with Gasteiger partial charge in [-0.1, -0.05) is 37.3 Å². The molecule has 2 nitrogen and oxygen atoms in total. The van der Waals surface area contributed by atoms with Crippen molar-refractivity contribution in [3.05, 3.63) is 53.4 Å². The quantitative estimate of drug-likeness (QED) is 0.530. The highest BCUT2D eigenvalue weighted by atomic mass is 32.1. The molecule has 0 amide bonds. The Labute approximate surface area is 141 Å². The number of hydrogen-bond acceptors (Lipinski definition) is 3. The highest BCUT2D eigenvalue weighted by Crippen LogP contribution is 2.39. The Hall–Kier alpha value is -1.84. The third-order valence-corrected chi connectivity index (χ3v) is 4.87. The largest absolute Gasteiger partial charge is 0.493 e. The first-order valence-corrected chi connectivity index (χ1v) is 8.93. The first kappa shape index (κ1) is 16.0. The van der Waals surface area contributed by atoms with E-state index < -0.39 is 0 Å². The lowest BCUT2D eigenvalue weighted by molar-refractivity contribution is 0.172. The van der Waals surface area contributed by atoms with Gasteiger partial charge in [-0.3, -0.25) is 0 Å². The van der Waals surface area contributed by atoms with Crippen LogP contribution in [-0.2, 0) is 11.2 Å². The van der Waals surface area contributed by atoms with E-state index in [0.29, 0.717) is 6.61 Å². The van der Waals surface area contributed by atoms with Crippen molar-refractivity contribution in [1.29, 1.82) is 0 Å².